The largest absolute Gasteiger partial charge is 0.294 e. The van der Waals surface area contributed by atoms with Crippen LogP contribution in [0.5, 0.6) is 0 Å². The first-order valence-electron chi connectivity index (χ1n) is 8.33. The Morgan fingerprint density at radius 1 is 0.760 bits per heavy atom. The van der Waals surface area contributed by atoms with Gasteiger partial charge in [0.1, 0.15) is 0 Å². The number of hydrogen-bond donors (Lipinski definition) is 0. The molecule has 0 aliphatic heterocycles. The van der Waals surface area contributed by atoms with E-state index < -0.39 is 0 Å². The molecule has 4 rings (SSSR count). The lowest BCUT2D eigenvalue weighted by molar-refractivity contribution is 0.0994. The molecule has 0 saturated carbocycles. The second-order valence-electron chi connectivity index (χ2n) is 6.00. The van der Waals surface area contributed by atoms with Gasteiger partial charge in [0.2, 0.25) is 0 Å². The van der Waals surface area contributed by atoms with Crippen LogP contribution >= 0.6 is 0 Å². The second-order valence-corrected chi connectivity index (χ2v) is 6.00. The molecule has 25 heavy (non-hydrogen) atoms. The Kier molecular flexibility index (Phi) is 4.09. The molecule has 0 spiro atoms. The third kappa shape index (κ3) is 3.07. The molecule has 0 atom stereocenters. The smallest absolute Gasteiger partial charge is 0.167 e. The summed E-state index contributed by atoms with van der Waals surface area (Å²) in [5.74, 6) is 0.125. The molecule has 0 bridgehead atoms. The van der Waals surface area contributed by atoms with E-state index in [1.165, 1.54) is 0 Å². The number of hydrogen-bond acceptors (Lipinski definition) is 2. The van der Waals surface area contributed by atoms with E-state index in [-0.39, 0.29) is 5.78 Å². The summed E-state index contributed by atoms with van der Waals surface area (Å²) in [4.78, 5) is 17.4. The molecule has 0 saturated heterocycles. The molecule has 1 heterocycles. The van der Waals surface area contributed by atoms with Gasteiger partial charge in [-0.1, -0.05) is 72.8 Å². The van der Waals surface area contributed by atoms with Crippen molar-refractivity contribution in [2.45, 2.75) is 6.42 Å². The van der Waals surface area contributed by atoms with E-state index in [0.717, 1.165) is 33.2 Å². The first-order valence-corrected chi connectivity index (χ1v) is 8.33. The molecular formula is C23H17NO. The monoisotopic (exact) mass is 323 g/mol. The highest BCUT2D eigenvalue weighted by Crippen LogP contribution is 2.25. The average molecular weight is 323 g/mol. The lowest BCUT2D eigenvalue weighted by Gasteiger charge is -2.10. The summed E-state index contributed by atoms with van der Waals surface area (Å²) < 4.78 is 0. The first-order chi connectivity index (χ1) is 12.3. The van der Waals surface area contributed by atoms with Gasteiger partial charge < -0.3 is 0 Å². The number of pyridine rings is 1. The molecule has 2 nitrogen and oxygen atoms in total. The van der Waals surface area contributed by atoms with Crippen LogP contribution < -0.4 is 0 Å². The highest BCUT2D eigenvalue weighted by atomic mass is 16.1. The fourth-order valence-electron chi connectivity index (χ4n) is 3.18. The summed E-state index contributed by atoms with van der Waals surface area (Å²) in [5, 5.41) is 2.09. The maximum atomic E-state index is 13.0. The van der Waals surface area contributed by atoms with E-state index in [1.807, 2.05) is 84.9 Å². The molecule has 4 aromatic rings. The lowest BCUT2D eigenvalue weighted by Crippen LogP contribution is -2.05. The number of rotatable bonds is 4. The standard InChI is InChI=1S/C23H17NO/c25-23(21-13-7-10-17-8-1-3-11-19(17)21)16-18-9-2-4-12-20(18)22-14-5-6-15-24-22/h1-15H,16H2. The van der Waals surface area contributed by atoms with Crippen LogP contribution in [-0.4, -0.2) is 10.8 Å². The maximum Gasteiger partial charge on any atom is 0.167 e. The molecule has 0 unspecified atom stereocenters. The van der Waals surface area contributed by atoms with Gasteiger partial charge in [0.05, 0.1) is 5.69 Å². The maximum absolute atomic E-state index is 13.0. The quantitative estimate of drug-likeness (QED) is 0.475. The minimum Gasteiger partial charge on any atom is -0.294 e. The van der Waals surface area contributed by atoms with Crippen molar-refractivity contribution in [2.24, 2.45) is 0 Å². The molecular weight excluding hydrogens is 306 g/mol. The van der Waals surface area contributed by atoms with Crippen molar-refractivity contribution in [1.29, 1.82) is 0 Å². The van der Waals surface area contributed by atoms with Gasteiger partial charge in [-0.3, -0.25) is 9.78 Å². The number of fused-ring (bicyclic) bond motifs is 1. The van der Waals surface area contributed by atoms with Crippen LogP contribution in [0.2, 0.25) is 0 Å². The summed E-state index contributed by atoms with van der Waals surface area (Å²) >= 11 is 0. The highest BCUT2D eigenvalue weighted by molar-refractivity contribution is 6.09. The summed E-state index contributed by atoms with van der Waals surface area (Å²) in [6, 6.07) is 27.7. The van der Waals surface area contributed by atoms with Crippen LogP contribution in [0.25, 0.3) is 22.0 Å². The van der Waals surface area contributed by atoms with Crippen LogP contribution in [-0.2, 0) is 6.42 Å². The Morgan fingerprint density at radius 3 is 2.40 bits per heavy atom. The Balaban J connectivity index is 1.72. The number of nitrogens with zero attached hydrogens (tertiary/aromatic N) is 1. The molecule has 1 aromatic heterocycles. The van der Waals surface area contributed by atoms with E-state index in [4.69, 9.17) is 0 Å². The Morgan fingerprint density at radius 2 is 1.52 bits per heavy atom. The molecule has 0 fully saturated rings. The molecule has 0 N–H and O–H groups in total. The van der Waals surface area contributed by atoms with E-state index >= 15 is 0 Å². The SMILES string of the molecule is O=C(Cc1ccccc1-c1ccccn1)c1cccc2ccccc12. The third-order valence-corrected chi connectivity index (χ3v) is 4.40. The number of benzene rings is 3. The van der Waals surface area contributed by atoms with E-state index in [2.05, 4.69) is 4.98 Å². The second kappa shape index (κ2) is 6.70. The van der Waals surface area contributed by atoms with Gasteiger partial charge in [0.15, 0.2) is 5.78 Å². The number of carbonyl (C=O) groups excluding carboxylic acids is 1. The predicted octanol–water partition coefficient (Wildman–Crippen LogP) is 5.33. The summed E-state index contributed by atoms with van der Waals surface area (Å²) in [6.07, 6.45) is 2.14. The van der Waals surface area contributed by atoms with Gasteiger partial charge in [-0.05, 0) is 28.5 Å². The summed E-state index contributed by atoms with van der Waals surface area (Å²) in [5.41, 5.74) is 3.67. The molecule has 120 valence electrons. The summed E-state index contributed by atoms with van der Waals surface area (Å²) in [6.45, 7) is 0. The van der Waals surface area contributed by atoms with Gasteiger partial charge in [0, 0.05) is 23.7 Å². The van der Waals surface area contributed by atoms with Crippen molar-refractivity contribution in [3.8, 4) is 11.3 Å². The van der Waals surface area contributed by atoms with Crippen LogP contribution in [0.4, 0.5) is 0 Å². The predicted molar refractivity (Wildman–Crippen MR) is 102 cm³/mol. The molecule has 3 aromatic carbocycles. The molecule has 0 radical (unpaired) electrons. The van der Waals surface area contributed by atoms with E-state index in [1.54, 1.807) is 6.20 Å². The van der Waals surface area contributed by atoms with Gasteiger partial charge in [-0.25, -0.2) is 0 Å². The van der Waals surface area contributed by atoms with Gasteiger partial charge in [-0.15, -0.1) is 0 Å². The van der Waals surface area contributed by atoms with Crippen molar-refractivity contribution in [3.05, 3.63) is 102 Å². The zero-order valence-corrected chi connectivity index (χ0v) is 13.7. The third-order valence-electron chi connectivity index (χ3n) is 4.40. The Hall–Kier alpha value is -3.26. The van der Waals surface area contributed by atoms with Gasteiger partial charge in [0.25, 0.3) is 0 Å². The highest BCUT2D eigenvalue weighted by Gasteiger charge is 2.13. The number of Topliss-reactive ketones (excluding diaryl/α,β-unsaturated/α-hetero) is 1. The fraction of sp³-hybridized carbons (Fsp3) is 0.0435. The van der Waals surface area contributed by atoms with Crippen LogP contribution in [0.3, 0.4) is 0 Å². The van der Waals surface area contributed by atoms with Gasteiger partial charge in [-0.2, -0.15) is 0 Å². The molecule has 0 aliphatic carbocycles. The zero-order valence-electron chi connectivity index (χ0n) is 13.7. The fourth-order valence-corrected chi connectivity index (χ4v) is 3.18. The van der Waals surface area contributed by atoms with Crippen molar-refractivity contribution in [1.82, 2.24) is 4.98 Å². The van der Waals surface area contributed by atoms with Gasteiger partial charge >= 0.3 is 0 Å². The van der Waals surface area contributed by atoms with E-state index in [9.17, 15) is 4.79 Å². The molecule has 0 aliphatic rings. The number of carbonyl (C=O) groups is 1. The Bertz CT molecular complexity index is 1030. The Labute approximate surface area is 146 Å². The minimum absolute atomic E-state index is 0.125. The van der Waals surface area contributed by atoms with Crippen molar-refractivity contribution < 1.29 is 4.79 Å². The topological polar surface area (TPSA) is 30.0 Å². The van der Waals surface area contributed by atoms with E-state index in [0.29, 0.717) is 6.42 Å². The van der Waals surface area contributed by atoms with Crippen LogP contribution in [0.1, 0.15) is 15.9 Å². The lowest BCUT2D eigenvalue weighted by atomic mass is 9.94. The minimum atomic E-state index is 0.125. The molecule has 0 amide bonds. The first kappa shape index (κ1) is 15.3. The normalized spacial score (nSPS) is 10.7. The summed E-state index contributed by atoms with van der Waals surface area (Å²) in [7, 11) is 0. The molecule has 2 heteroatoms. The van der Waals surface area contributed by atoms with Crippen LogP contribution in [0, 0.1) is 0 Å². The number of aromatic nitrogens is 1. The zero-order chi connectivity index (χ0) is 17.1. The van der Waals surface area contributed by atoms with Crippen molar-refractivity contribution in [3.63, 3.8) is 0 Å². The average Bonchev–Trinajstić information content (AvgIpc) is 2.68. The van der Waals surface area contributed by atoms with Crippen LogP contribution in [0.15, 0.2) is 91.1 Å². The van der Waals surface area contributed by atoms with Crippen molar-refractivity contribution in [2.75, 3.05) is 0 Å². The van der Waals surface area contributed by atoms with Crippen molar-refractivity contribution >= 4 is 16.6 Å². The number of ketones is 1.